The standard InChI is InChI=1S/C23H16F3N3O2S2/c1-12-11-16(23(24,25)26)18-19(27)20(33-22(18)28-12)21(31)29-14-6-4-13(5-7-14)17(30)9-8-15-3-2-10-32-15/h2-11H,27H2,1H3,(H,29,31)/b9-8+. The van der Waals surface area contributed by atoms with E-state index < -0.39 is 17.6 Å². The molecule has 0 saturated carbocycles. The van der Waals surface area contributed by atoms with Gasteiger partial charge in [0, 0.05) is 27.2 Å². The molecule has 0 bridgehead atoms. The highest BCUT2D eigenvalue weighted by atomic mass is 32.1. The molecule has 3 heterocycles. The number of rotatable bonds is 5. The normalized spacial score (nSPS) is 11.9. The summed E-state index contributed by atoms with van der Waals surface area (Å²) in [6, 6.07) is 10.9. The molecule has 10 heteroatoms. The third kappa shape index (κ3) is 4.81. The molecule has 0 radical (unpaired) electrons. The van der Waals surface area contributed by atoms with E-state index in [-0.39, 0.29) is 32.3 Å². The molecule has 1 amide bonds. The van der Waals surface area contributed by atoms with Crippen molar-refractivity contribution in [2.75, 3.05) is 11.1 Å². The first-order chi connectivity index (χ1) is 15.6. The third-order valence-corrected chi connectivity index (χ3v) is 6.64. The summed E-state index contributed by atoms with van der Waals surface area (Å²) < 4.78 is 40.4. The van der Waals surface area contributed by atoms with Gasteiger partial charge in [0.25, 0.3) is 5.91 Å². The lowest BCUT2D eigenvalue weighted by molar-refractivity contribution is -0.136. The second-order valence-electron chi connectivity index (χ2n) is 7.08. The first-order valence-corrected chi connectivity index (χ1v) is 11.3. The van der Waals surface area contributed by atoms with Crippen molar-refractivity contribution in [3.63, 3.8) is 0 Å². The molecule has 0 fully saturated rings. The second kappa shape index (κ2) is 8.80. The quantitative estimate of drug-likeness (QED) is 0.251. The van der Waals surface area contributed by atoms with Crippen LogP contribution in [-0.4, -0.2) is 16.7 Å². The number of carbonyl (C=O) groups is 2. The van der Waals surface area contributed by atoms with E-state index in [9.17, 15) is 22.8 Å². The largest absolute Gasteiger partial charge is 0.417 e. The van der Waals surface area contributed by atoms with Gasteiger partial charge in [0.2, 0.25) is 0 Å². The molecular weight excluding hydrogens is 471 g/mol. The molecule has 3 N–H and O–H groups in total. The maximum atomic E-state index is 13.5. The highest BCUT2D eigenvalue weighted by Crippen LogP contribution is 2.42. The number of hydrogen-bond acceptors (Lipinski definition) is 6. The van der Waals surface area contributed by atoms with E-state index in [4.69, 9.17) is 5.73 Å². The number of amides is 1. The van der Waals surface area contributed by atoms with Crippen LogP contribution in [0.5, 0.6) is 0 Å². The van der Waals surface area contributed by atoms with Crippen LogP contribution in [0, 0.1) is 6.92 Å². The molecule has 1 aromatic carbocycles. The van der Waals surface area contributed by atoms with Gasteiger partial charge in [-0.2, -0.15) is 13.2 Å². The number of alkyl halides is 3. The number of pyridine rings is 1. The molecule has 168 valence electrons. The number of thiophene rings is 2. The first-order valence-electron chi connectivity index (χ1n) is 9.57. The number of aryl methyl sites for hydroxylation is 1. The molecule has 0 aliphatic heterocycles. The van der Waals surface area contributed by atoms with E-state index in [2.05, 4.69) is 10.3 Å². The minimum absolute atomic E-state index is 0.0449. The van der Waals surface area contributed by atoms with Crippen LogP contribution in [-0.2, 0) is 6.18 Å². The van der Waals surface area contributed by atoms with Crippen LogP contribution in [0.3, 0.4) is 0 Å². The maximum Gasteiger partial charge on any atom is 0.417 e. The minimum atomic E-state index is -4.63. The van der Waals surface area contributed by atoms with Gasteiger partial charge in [-0.3, -0.25) is 9.59 Å². The molecule has 0 unspecified atom stereocenters. The molecular formula is C23H16F3N3O2S2. The number of nitrogen functional groups attached to an aromatic ring is 1. The third-order valence-electron chi connectivity index (χ3n) is 4.71. The molecule has 3 aromatic heterocycles. The van der Waals surface area contributed by atoms with E-state index in [1.165, 1.54) is 36.5 Å². The van der Waals surface area contributed by atoms with Gasteiger partial charge < -0.3 is 11.1 Å². The Hall–Kier alpha value is -3.50. The van der Waals surface area contributed by atoms with Crippen LogP contribution in [0.4, 0.5) is 24.5 Å². The van der Waals surface area contributed by atoms with Gasteiger partial charge in [-0.25, -0.2) is 4.98 Å². The Morgan fingerprint density at radius 3 is 2.52 bits per heavy atom. The van der Waals surface area contributed by atoms with E-state index >= 15 is 0 Å². The zero-order chi connectivity index (χ0) is 23.8. The van der Waals surface area contributed by atoms with Crippen LogP contribution >= 0.6 is 22.7 Å². The minimum Gasteiger partial charge on any atom is -0.397 e. The van der Waals surface area contributed by atoms with Crippen LogP contribution in [0.15, 0.2) is 53.9 Å². The fourth-order valence-electron chi connectivity index (χ4n) is 3.18. The van der Waals surface area contributed by atoms with Gasteiger partial charge in [-0.15, -0.1) is 22.7 Å². The van der Waals surface area contributed by atoms with Crippen molar-refractivity contribution in [2.24, 2.45) is 0 Å². The fraction of sp³-hybridized carbons (Fsp3) is 0.0870. The summed E-state index contributed by atoms with van der Waals surface area (Å²) >= 11 is 2.31. The number of anilines is 2. The zero-order valence-electron chi connectivity index (χ0n) is 17.1. The molecule has 0 spiro atoms. The van der Waals surface area contributed by atoms with E-state index in [0.29, 0.717) is 11.3 Å². The molecule has 4 aromatic rings. The molecule has 0 atom stereocenters. The Bertz CT molecular complexity index is 1370. The van der Waals surface area contributed by atoms with Crippen LogP contribution in [0.25, 0.3) is 16.3 Å². The lowest BCUT2D eigenvalue weighted by Gasteiger charge is -2.09. The topological polar surface area (TPSA) is 85.1 Å². The SMILES string of the molecule is Cc1cc(C(F)(F)F)c2c(N)c(C(=O)Nc3ccc(C(=O)/C=C/c4cccs4)cc3)sc2n1. The molecule has 33 heavy (non-hydrogen) atoms. The van der Waals surface area contributed by atoms with Crippen molar-refractivity contribution >= 4 is 62.0 Å². The Labute approximate surface area is 194 Å². The Morgan fingerprint density at radius 1 is 1.15 bits per heavy atom. The number of fused-ring (bicyclic) bond motifs is 1. The summed E-state index contributed by atoms with van der Waals surface area (Å²) in [5, 5.41) is 4.24. The van der Waals surface area contributed by atoms with Crippen LogP contribution < -0.4 is 11.1 Å². The maximum absolute atomic E-state index is 13.5. The smallest absolute Gasteiger partial charge is 0.397 e. The van der Waals surface area contributed by atoms with Gasteiger partial charge >= 0.3 is 6.18 Å². The number of allylic oxidation sites excluding steroid dienone is 1. The van der Waals surface area contributed by atoms with Crippen LogP contribution in [0.1, 0.15) is 36.2 Å². The fourth-order valence-corrected chi connectivity index (χ4v) is 4.86. The summed E-state index contributed by atoms with van der Waals surface area (Å²) in [5.74, 6) is -0.853. The van der Waals surface area contributed by atoms with Crippen molar-refractivity contribution in [3.05, 3.63) is 80.5 Å². The van der Waals surface area contributed by atoms with Gasteiger partial charge in [-0.1, -0.05) is 6.07 Å². The average molecular weight is 488 g/mol. The van der Waals surface area contributed by atoms with Crippen molar-refractivity contribution in [1.82, 2.24) is 4.98 Å². The van der Waals surface area contributed by atoms with Gasteiger partial charge in [0.1, 0.15) is 9.71 Å². The molecule has 0 aliphatic carbocycles. The number of ketones is 1. The molecule has 0 aliphatic rings. The predicted octanol–water partition coefficient (Wildman–Crippen LogP) is 6.42. The number of aromatic nitrogens is 1. The highest BCUT2D eigenvalue weighted by Gasteiger charge is 2.35. The van der Waals surface area contributed by atoms with Crippen molar-refractivity contribution in [2.45, 2.75) is 13.1 Å². The number of nitrogens with two attached hydrogens (primary N) is 1. The van der Waals surface area contributed by atoms with Crippen LogP contribution in [0.2, 0.25) is 0 Å². The van der Waals surface area contributed by atoms with Gasteiger partial charge in [0.05, 0.1) is 11.3 Å². The number of carbonyl (C=O) groups excluding carboxylic acids is 2. The molecule has 5 nitrogen and oxygen atoms in total. The number of hydrogen-bond donors (Lipinski definition) is 2. The summed E-state index contributed by atoms with van der Waals surface area (Å²) in [5.41, 5.74) is 5.73. The predicted molar refractivity (Wildman–Crippen MR) is 126 cm³/mol. The molecule has 0 saturated heterocycles. The Balaban J connectivity index is 1.55. The van der Waals surface area contributed by atoms with Crippen molar-refractivity contribution < 1.29 is 22.8 Å². The number of benzene rings is 1. The van der Waals surface area contributed by atoms with Gasteiger partial charge in [-0.05, 0) is 60.9 Å². The highest BCUT2D eigenvalue weighted by molar-refractivity contribution is 7.21. The zero-order valence-corrected chi connectivity index (χ0v) is 18.7. The van der Waals surface area contributed by atoms with Gasteiger partial charge in [0.15, 0.2) is 5.78 Å². The monoisotopic (exact) mass is 487 g/mol. The van der Waals surface area contributed by atoms with E-state index in [1.807, 2.05) is 17.5 Å². The van der Waals surface area contributed by atoms with E-state index in [1.54, 1.807) is 18.2 Å². The Morgan fingerprint density at radius 2 is 1.88 bits per heavy atom. The summed E-state index contributed by atoms with van der Waals surface area (Å²) in [4.78, 5) is 30.1. The summed E-state index contributed by atoms with van der Waals surface area (Å²) in [7, 11) is 0. The van der Waals surface area contributed by atoms with E-state index in [0.717, 1.165) is 22.3 Å². The summed E-state index contributed by atoms with van der Waals surface area (Å²) in [6.07, 6.45) is -1.45. The number of nitrogens with zero attached hydrogens (tertiary/aromatic N) is 1. The first kappa shape index (κ1) is 22.7. The van der Waals surface area contributed by atoms with Crippen molar-refractivity contribution in [1.29, 1.82) is 0 Å². The average Bonchev–Trinajstić information content (AvgIpc) is 3.39. The second-order valence-corrected chi connectivity index (χ2v) is 9.06. The number of nitrogens with one attached hydrogen (secondary N) is 1. The summed E-state index contributed by atoms with van der Waals surface area (Å²) in [6.45, 7) is 1.45. The molecule has 4 rings (SSSR count). The lowest BCUT2D eigenvalue weighted by atomic mass is 10.1. The van der Waals surface area contributed by atoms with Crippen molar-refractivity contribution in [3.8, 4) is 0 Å². The number of halogens is 3. The Kier molecular flexibility index (Phi) is 6.05. The lowest BCUT2D eigenvalue weighted by Crippen LogP contribution is -2.12.